The quantitative estimate of drug-likeness (QED) is 0.894. The van der Waals surface area contributed by atoms with Crippen LogP contribution in [0.1, 0.15) is 12.5 Å². The van der Waals surface area contributed by atoms with E-state index < -0.39 is 6.09 Å². The number of aryl methyl sites for hydroxylation is 1. The van der Waals surface area contributed by atoms with Crippen LogP contribution in [0.15, 0.2) is 36.4 Å². The lowest BCUT2D eigenvalue weighted by molar-refractivity contribution is 0.168. The molecule has 1 heterocycles. The van der Waals surface area contributed by atoms with Gasteiger partial charge in [0.2, 0.25) is 0 Å². The van der Waals surface area contributed by atoms with Crippen LogP contribution in [-0.4, -0.2) is 22.9 Å². The molecule has 2 N–H and O–H groups in total. The number of carbonyl (C=O) groups excluding carboxylic acids is 1. The van der Waals surface area contributed by atoms with E-state index in [-0.39, 0.29) is 0 Å². The molecule has 20 heavy (non-hydrogen) atoms. The van der Waals surface area contributed by atoms with E-state index in [4.69, 9.17) is 4.74 Å². The third-order valence-corrected chi connectivity index (χ3v) is 2.58. The highest BCUT2D eigenvalue weighted by atomic mass is 16.5. The number of hydrogen-bond donors (Lipinski definition) is 2. The first-order chi connectivity index (χ1) is 9.69. The lowest BCUT2D eigenvalue weighted by Crippen LogP contribution is -2.14. The maximum Gasteiger partial charge on any atom is 0.412 e. The second kappa shape index (κ2) is 6.51. The van der Waals surface area contributed by atoms with Crippen LogP contribution in [0.25, 0.3) is 0 Å². The summed E-state index contributed by atoms with van der Waals surface area (Å²) in [5, 5.41) is 13.5. The van der Waals surface area contributed by atoms with E-state index in [2.05, 4.69) is 20.8 Å². The Bertz CT molecular complexity index is 584. The molecule has 0 saturated carbocycles. The Labute approximate surface area is 117 Å². The van der Waals surface area contributed by atoms with Crippen LogP contribution >= 0.6 is 0 Å². The zero-order valence-electron chi connectivity index (χ0n) is 11.4. The van der Waals surface area contributed by atoms with Crippen LogP contribution in [0.3, 0.4) is 0 Å². The number of rotatable bonds is 4. The van der Waals surface area contributed by atoms with E-state index in [1.807, 2.05) is 31.2 Å². The van der Waals surface area contributed by atoms with E-state index in [9.17, 15) is 4.79 Å². The molecule has 0 radical (unpaired) electrons. The highest BCUT2D eigenvalue weighted by molar-refractivity contribution is 5.83. The van der Waals surface area contributed by atoms with Crippen LogP contribution < -0.4 is 10.6 Å². The van der Waals surface area contributed by atoms with Crippen molar-refractivity contribution in [1.82, 2.24) is 10.2 Å². The molecule has 1 aromatic carbocycles. The molecule has 1 amide bonds. The summed E-state index contributed by atoms with van der Waals surface area (Å²) in [5.74, 6) is 0.951. The summed E-state index contributed by atoms with van der Waals surface area (Å²) in [4.78, 5) is 11.2. The number of carbonyl (C=O) groups is 1. The van der Waals surface area contributed by atoms with E-state index in [0.717, 1.165) is 11.3 Å². The minimum Gasteiger partial charge on any atom is -0.450 e. The standard InChI is InChI=1S/C14H16N4O2/c1-3-20-14(19)16-13-9-8-12(17-18-13)15-11-7-5-4-6-10(11)2/h4-9H,3H2,1-2H3,(H,15,17)(H,16,18,19). The number of para-hydroxylation sites is 1. The Morgan fingerprint density at radius 3 is 2.50 bits per heavy atom. The largest absolute Gasteiger partial charge is 0.450 e. The molecule has 0 unspecified atom stereocenters. The van der Waals surface area contributed by atoms with Gasteiger partial charge in [0.05, 0.1) is 6.61 Å². The van der Waals surface area contributed by atoms with Gasteiger partial charge in [0.15, 0.2) is 11.6 Å². The molecule has 6 nitrogen and oxygen atoms in total. The monoisotopic (exact) mass is 272 g/mol. The number of anilines is 3. The molecule has 0 aliphatic carbocycles. The number of nitrogens with one attached hydrogen (secondary N) is 2. The van der Waals surface area contributed by atoms with Crippen LogP contribution in [0, 0.1) is 6.92 Å². The maximum absolute atomic E-state index is 11.2. The van der Waals surface area contributed by atoms with Gasteiger partial charge in [-0.3, -0.25) is 5.32 Å². The predicted molar refractivity (Wildman–Crippen MR) is 77.1 cm³/mol. The average molecular weight is 272 g/mol. The summed E-state index contributed by atoms with van der Waals surface area (Å²) in [5.41, 5.74) is 2.08. The first-order valence-electron chi connectivity index (χ1n) is 6.29. The maximum atomic E-state index is 11.2. The van der Waals surface area contributed by atoms with Crippen molar-refractivity contribution in [2.24, 2.45) is 0 Å². The molecule has 2 aromatic rings. The molecule has 0 bridgehead atoms. The zero-order chi connectivity index (χ0) is 14.4. The lowest BCUT2D eigenvalue weighted by atomic mass is 10.2. The molecule has 0 fully saturated rings. The Balaban J connectivity index is 2.02. The minimum absolute atomic E-state index is 0.312. The molecule has 0 saturated heterocycles. The number of nitrogens with zero attached hydrogens (tertiary/aromatic N) is 2. The third-order valence-electron chi connectivity index (χ3n) is 2.58. The Kier molecular flexibility index (Phi) is 4.49. The van der Waals surface area contributed by atoms with Gasteiger partial charge < -0.3 is 10.1 Å². The van der Waals surface area contributed by atoms with E-state index >= 15 is 0 Å². The first kappa shape index (κ1) is 13.8. The number of ether oxygens (including phenoxy) is 1. The van der Waals surface area contributed by atoms with Crippen LogP contribution in [-0.2, 0) is 4.74 Å². The van der Waals surface area contributed by atoms with Crippen molar-refractivity contribution in [3.05, 3.63) is 42.0 Å². The van der Waals surface area contributed by atoms with E-state index in [1.165, 1.54) is 0 Å². The minimum atomic E-state index is -0.540. The Morgan fingerprint density at radius 1 is 1.15 bits per heavy atom. The number of hydrogen-bond acceptors (Lipinski definition) is 5. The smallest absolute Gasteiger partial charge is 0.412 e. The summed E-state index contributed by atoms with van der Waals surface area (Å²) in [7, 11) is 0. The predicted octanol–water partition coefficient (Wildman–Crippen LogP) is 3.10. The SMILES string of the molecule is CCOC(=O)Nc1ccc(Nc2ccccc2C)nn1. The summed E-state index contributed by atoms with van der Waals surface area (Å²) in [6, 6.07) is 11.3. The van der Waals surface area contributed by atoms with Crippen molar-refractivity contribution in [1.29, 1.82) is 0 Å². The van der Waals surface area contributed by atoms with Gasteiger partial charge in [0, 0.05) is 5.69 Å². The third kappa shape index (κ3) is 3.68. The van der Waals surface area contributed by atoms with Crippen molar-refractivity contribution in [2.45, 2.75) is 13.8 Å². The highest BCUT2D eigenvalue weighted by Crippen LogP contribution is 2.18. The topological polar surface area (TPSA) is 76.1 Å². The molecule has 6 heteroatoms. The molecule has 0 aliphatic heterocycles. The number of aromatic nitrogens is 2. The number of benzene rings is 1. The van der Waals surface area contributed by atoms with Crippen molar-refractivity contribution in [3.63, 3.8) is 0 Å². The Hall–Kier alpha value is -2.63. The van der Waals surface area contributed by atoms with Gasteiger partial charge in [0.1, 0.15) is 0 Å². The molecule has 0 atom stereocenters. The van der Waals surface area contributed by atoms with Gasteiger partial charge in [-0.2, -0.15) is 0 Å². The van der Waals surface area contributed by atoms with Crippen LogP contribution in [0.2, 0.25) is 0 Å². The molecule has 2 rings (SSSR count). The van der Waals surface area contributed by atoms with Gasteiger partial charge in [-0.05, 0) is 37.6 Å². The first-order valence-corrected chi connectivity index (χ1v) is 6.29. The molecule has 0 aliphatic rings. The van der Waals surface area contributed by atoms with Crippen molar-refractivity contribution < 1.29 is 9.53 Å². The van der Waals surface area contributed by atoms with Gasteiger partial charge in [0.25, 0.3) is 0 Å². The second-order valence-corrected chi connectivity index (χ2v) is 4.09. The molecular formula is C14H16N4O2. The van der Waals surface area contributed by atoms with Crippen LogP contribution in [0.5, 0.6) is 0 Å². The van der Waals surface area contributed by atoms with Crippen LogP contribution in [0.4, 0.5) is 22.1 Å². The van der Waals surface area contributed by atoms with Crippen molar-refractivity contribution in [3.8, 4) is 0 Å². The van der Waals surface area contributed by atoms with Crippen molar-refractivity contribution in [2.75, 3.05) is 17.2 Å². The molecule has 104 valence electrons. The summed E-state index contributed by atoms with van der Waals surface area (Å²) < 4.78 is 4.75. The average Bonchev–Trinajstić information content (AvgIpc) is 2.44. The van der Waals surface area contributed by atoms with Gasteiger partial charge >= 0.3 is 6.09 Å². The lowest BCUT2D eigenvalue weighted by Gasteiger charge is -2.08. The fourth-order valence-corrected chi connectivity index (χ4v) is 1.59. The fourth-order valence-electron chi connectivity index (χ4n) is 1.59. The highest BCUT2D eigenvalue weighted by Gasteiger charge is 2.04. The normalized spacial score (nSPS) is 9.90. The second-order valence-electron chi connectivity index (χ2n) is 4.09. The van der Waals surface area contributed by atoms with E-state index in [0.29, 0.717) is 18.2 Å². The number of amides is 1. The zero-order valence-corrected chi connectivity index (χ0v) is 11.4. The van der Waals surface area contributed by atoms with Gasteiger partial charge in [-0.15, -0.1) is 10.2 Å². The summed E-state index contributed by atoms with van der Waals surface area (Å²) in [6.45, 7) is 4.05. The van der Waals surface area contributed by atoms with Gasteiger partial charge in [-0.1, -0.05) is 18.2 Å². The molecule has 0 spiro atoms. The molecule has 1 aromatic heterocycles. The van der Waals surface area contributed by atoms with Gasteiger partial charge in [-0.25, -0.2) is 4.79 Å². The van der Waals surface area contributed by atoms with E-state index in [1.54, 1.807) is 19.1 Å². The summed E-state index contributed by atoms with van der Waals surface area (Å²) in [6.07, 6.45) is -0.540. The molecular weight excluding hydrogens is 256 g/mol. The summed E-state index contributed by atoms with van der Waals surface area (Å²) >= 11 is 0. The van der Waals surface area contributed by atoms with Crippen molar-refractivity contribution >= 4 is 23.4 Å². The Morgan fingerprint density at radius 2 is 1.85 bits per heavy atom. The fraction of sp³-hybridized carbons (Fsp3) is 0.214.